The first-order valence-electron chi connectivity index (χ1n) is 5.06. The number of hydrogen-bond acceptors (Lipinski definition) is 7. The van der Waals surface area contributed by atoms with Crippen LogP contribution in [0.5, 0.6) is 0 Å². The fraction of sp³-hybridized carbons (Fsp3) is 0.444. The number of nitro groups is 1. The maximum atomic E-state index is 10.9. The van der Waals surface area contributed by atoms with Gasteiger partial charge in [-0.2, -0.15) is 5.06 Å². The van der Waals surface area contributed by atoms with E-state index in [0.29, 0.717) is 25.5 Å². The van der Waals surface area contributed by atoms with Crippen LogP contribution in [0, 0.1) is 10.1 Å². The number of nitrogens with zero attached hydrogens (tertiary/aromatic N) is 3. The Balaban J connectivity index is 2.47. The van der Waals surface area contributed by atoms with E-state index in [9.17, 15) is 20.0 Å². The summed E-state index contributed by atoms with van der Waals surface area (Å²) in [4.78, 5) is 27.7. The highest BCUT2D eigenvalue weighted by Gasteiger charge is 2.37. The van der Waals surface area contributed by atoms with Gasteiger partial charge in [0.15, 0.2) is 5.76 Å². The molecule has 0 spiro atoms. The van der Waals surface area contributed by atoms with Crippen molar-refractivity contribution in [3.63, 3.8) is 0 Å². The Bertz CT molecular complexity index is 442. The Labute approximate surface area is 96.5 Å². The number of aliphatic carboxylic acids is 1. The molecule has 0 unspecified atom stereocenters. The molecule has 1 saturated heterocycles. The first-order chi connectivity index (χ1) is 8.04. The molecule has 17 heavy (non-hydrogen) atoms. The molecule has 0 N–H and O–H groups in total. The Hall–Kier alpha value is -2.25. The zero-order chi connectivity index (χ0) is 12.6. The molecule has 1 fully saturated rings. The summed E-state index contributed by atoms with van der Waals surface area (Å²) in [6.45, 7) is 3.37. The molecule has 0 aromatic carbocycles. The normalized spacial score (nSPS) is 18.8. The van der Waals surface area contributed by atoms with Crippen LogP contribution in [0.2, 0.25) is 0 Å². The van der Waals surface area contributed by atoms with Gasteiger partial charge in [-0.05, 0) is 6.92 Å². The van der Waals surface area contributed by atoms with Gasteiger partial charge < -0.3 is 19.6 Å². The standard InChI is InChI=1S/C9H11N3O5/c1-2-10-3-4-11-8(10)6(12(15)16)5-7(17-11)9(13)14/h5H,2-4H2,1H3,(H,13,14)/p-1. The molecule has 2 rings (SSSR count). The molecule has 0 atom stereocenters. The van der Waals surface area contributed by atoms with Gasteiger partial charge in [0.1, 0.15) is 5.97 Å². The predicted octanol–water partition coefficient (Wildman–Crippen LogP) is -1.35. The van der Waals surface area contributed by atoms with Crippen molar-refractivity contribution in [3.05, 3.63) is 33.5 Å². The molecular weight excluding hydrogens is 230 g/mol. The van der Waals surface area contributed by atoms with Crippen LogP contribution in [0.4, 0.5) is 0 Å². The number of fused-ring (bicyclic) bond motifs is 1. The van der Waals surface area contributed by atoms with Crippen LogP contribution in [0.15, 0.2) is 23.4 Å². The minimum Gasteiger partial charge on any atom is -0.541 e. The second-order valence-corrected chi connectivity index (χ2v) is 3.54. The number of hydrogen-bond donors (Lipinski definition) is 0. The van der Waals surface area contributed by atoms with E-state index in [4.69, 9.17) is 4.84 Å². The van der Waals surface area contributed by atoms with Gasteiger partial charge in [0.25, 0.3) is 0 Å². The zero-order valence-corrected chi connectivity index (χ0v) is 9.08. The molecule has 2 aliphatic rings. The molecule has 0 aliphatic carbocycles. The minimum absolute atomic E-state index is 0.283. The Morgan fingerprint density at radius 2 is 2.29 bits per heavy atom. The highest BCUT2D eigenvalue weighted by Crippen LogP contribution is 2.29. The van der Waals surface area contributed by atoms with Crippen LogP contribution in [0.25, 0.3) is 0 Å². The van der Waals surface area contributed by atoms with E-state index < -0.39 is 16.7 Å². The van der Waals surface area contributed by atoms with Crippen LogP contribution >= 0.6 is 0 Å². The smallest absolute Gasteiger partial charge is 0.316 e. The van der Waals surface area contributed by atoms with Gasteiger partial charge in [-0.1, -0.05) is 0 Å². The number of carboxylic acid groups (broad SMARTS) is 1. The van der Waals surface area contributed by atoms with Crippen molar-refractivity contribution < 1.29 is 19.7 Å². The molecule has 0 radical (unpaired) electrons. The first kappa shape index (κ1) is 11.2. The van der Waals surface area contributed by atoms with Crippen molar-refractivity contribution in [2.75, 3.05) is 19.6 Å². The second kappa shape index (κ2) is 3.96. The van der Waals surface area contributed by atoms with E-state index >= 15 is 0 Å². The average molecular weight is 240 g/mol. The number of hydroxylamine groups is 2. The summed E-state index contributed by atoms with van der Waals surface area (Å²) in [6.07, 6.45) is 0.884. The lowest BCUT2D eigenvalue weighted by atomic mass is 10.3. The molecule has 8 nitrogen and oxygen atoms in total. The van der Waals surface area contributed by atoms with Crippen LogP contribution in [0.1, 0.15) is 6.92 Å². The van der Waals surface area contributed by atoms with Crippen molar-refractivity contribution >= 4 is 5.97 Å². The third-order valence-electron chi connectivity index (χ3n) is 2.59. The van der Waals surface area contributed by atoms with Crippen molar-refractivity contribution in [2.45, 2.75) is 6.92 Å². The molecule has 2 aliphatic heterocycles. The first-order valence-corrected chi connectivity index (χ1v) is 5.06. The van der Waals surface area contributed by atoms with Crippen LogP contribution in [-0.4, -0.2) is 40.5 Å². The van der Waals surface area contributed by atoms with Crippen molar-refractivity contribution in [2.24, 2.45) is 0 Å². The maximum absolute atomic E-state index is 10.9. The largest absolute Gasteiger partial charge is 0.541 e. The highest BCUT2D eigenvalue weighted by molar-refractivity contribution is 5.83. The zero-order valence-electron chi connectivity index (χ0n) is 9.08. The van der Waals surface area contributed by atoms with Gasteiger partial charge >= 0.3 is 5.70 Å². The van der Waals surface area contributed by atoms with E-state index in [-0.39, 0.29) is 5.70 Å². The average Bonchev–Trinajstić information content (AvgIpc) is 2.70. The molecule has 0 saturated carbocycles. The lowest BCUT2D eigenvalue weighted by molar-refractivity contribution is -0.425. The number of rotatable bonds is 3. The molecule has 0 amide bonds. The Morgan fingerprint density at radius 1 is 1.59 bits per heavy atom. The minimum atomic E-state index is -1.57. The number of likely N-dealkylation sites (N-methyl/N-ethyl adjacent to an activating group) is 1. The summed E-state index contributed by atoms with van der Waals surface area (Å²) >= 11 is 0. The second-order valence-electron chi connectivity index (χ2n) is 3.54. The topological polar surface area (TPSA) is 99.0 Å². The quantitative estimate of drug-likeness (QED) is 0.444. The maximum Gasteiger partial charge on any atom is 0.316 e. The lowest BCUT2D eigenvalue weighted by Crippen LogP contribution is -2.35. The third-order valence-corrected chi connectivity index (χ3v) is 2.59. The molecule has 92 valence electrons. The molecule has 8 heteroatoms. The Kier molecular flexibility index (Phi) is 2.62. The number of allylic oxidation sites excluding steroid dienone is 1. The molecule has 2 heterocycles. The van der Waals surface area contributed by atoms with Crippen molar-refractivity contribution in [3.8, 4) is 0 Å². The van der Waals surface area contributed by atoms with Crippen molar-refractivity contribution in [1.29, 1.82) is 0 Å². The number of carbonyl (C=O) groups excluding carboxylic acids is 1. The summed E-state index contributed by atoms with van der Waals surface area (Å²) < 4.78 is 0. The van der Waals surface area contributed by atoms with Crippen molar-refractivity contribution in [1.82, 2.24) is 9.96 Å². The Morgan fingerprint density at radius 3 is 2.82 bits per heavy atom. The molecule has 0 aromatic heterocycles. The summed E-state index contributed by atoms with van der Waals surface area (Å²) in [5.41, 5.74) is -0.283. The van der Waals surface area contributed by atoms with Crippen LogP contribution in [-0.2, 0) is 9.63 Å². The molecule has 0 bridgehead atoms. The highest BCUT2D eigenvalue weighted by atomic mass is 16.7. The summed E-state index contributed by atoms with van der Waals surface area (Å²) in [5.74, 6) is -1.82. The van der Waals surface area contributed by atoms with E-state index in [1.54, 1.807) is 4.90 Å². The van der Waals surface area contributed by atoms with Crippen LogP contribution in [0.3, 0.4) is 0 Å². The van der Waals surface area contributed by atoms with E-state index in [1.165, 1.54) is 5.06 Å². The monoisotopic (exact) mass is 240 g/mol. The van der Waals surface area contributed by atoms with Crippen LogP contribution < -0.4 is 5.11 Å². The third kappa shape index (κ3) is 1.77. The van der Waals surface area contributed by atoms with E-state index in [0.717, 1.165) is 6.08 Å². The fourth-order valence-corrected chi connectivity index (χ4v) is 1.83. The van der Waals surface area contributed by atoms with Gasteiger partial charge in [0.2, 0.25) is 5.82 Å². The van der Waals surface area contributed by atoms with Gasteiger partial charge in [0, 0.05) is 13.1 Å². The van der Waals surface area contributed by atoms with E-state index in [2.05, 4.69) is 0 Å². The van der Waals surface area contributed by atoms with Gasteiger partial charge in [0.05, 0.1) is 17.5 Å². The molecular formula is C9H10N3O5-. The van der Waals surface area contributed by atoms with Gasteiger partial charge in [-0.25, -0.2) is 0 Å². The summed E-state index contributed by atoms with van der Waals surface area (Å²) in [7, 11) is 0. The predicted molar refractivity (Wildman–Crippen MR) is 52.1 cm³/mol. The lowest BCUT2D eigenvalue weighted by Gasteiger charge is -2.27. The van der Waals surface area contributed by atoms with Gasteiger partial charge in [-0.15, -0.1) is 0 Å². The SMILES string of the molecule is CCN1CCN2OC(C(=O)[O-])=CC([N+](=O)[O-])=C12. The number of carboxylic acids is 1. The fourth-order valence-electron chi connectivity index (χ4n) is 1.83. The summed E-state index contributed by atoms with van der Waals surface area (Å²) in [5, 5.41) is 22.8. The van der Waals surface area contributed by atoms with Gasteiger partial charge in [-0.3, -0.25) is 10.1 Å². The number of carbonyl (C=O) groups is 1. The summed E-state index contributed by atoms with van der Waals surface area (Å²) in [6, 6.07) is 0. The molecule has 0 aromatic rings. The van der Waals surface area contributed by atoms with E-state index in [1.807, 2.05) is 6.92 Å².